The van der Waals surface area contributed by atoms with Crippen molar-refractivity contribution in [2.24, 2.45) is 0 Å². The first kappa shape index (κ1) is 20.5. The van der Waals surface area contributed by atoms with Gasteiger partial charge >= 0.3 is 0 Å². The SMILES string of the molecule is CC1(C)c2c3c(ccc2=CCC1S(C)(=O)=O)=c1ccccc1=CC3.c1cnccn1. The highest BCUT2D eigenvalue weighted by Crippen LogP contribution is 2.37. The highest BCUT2D eigenvalue weighted by atomic mass is 32.2. The van der Waals surface area contributed by atoms with E-state index < -0.39 is 9.84 Å². The monoisotopic (exact) mass is 418 g/mol. The van der Waals surface area contributed by atoms with Crippen molar-refractivity contribution in [3.63, 3.8) is 0 Å². The van der Waals surface area contributed by atoms with E-state index in [1.807, 2.05) is 0 Å². The van der Waals surface area contributed by atoms with Gasteiger partial charge in [-0.1, -0.05) is 62.4 Å². The van der Waals surface area contributed by atoms with Gasteiger partial charge in [-0.3, -0.25) is 9.97 Å². The topological polar surface area (TPSA) is 59.9 Å². The first-order valence-electron chi connectivity index (χ1n) is 10.1. The van der Waals surface area contributed by atoms with Gasteiger partial charge < -0.3 is 0 Å². The maximum atomic E-state index is 12.4. The average Bonchev–Trinajstić information content (AvgIpc) is 2.73. The summed E-state index contributed by atoms with van der Waals surface area (Å²) in [6.45, 7) is 4.18. The Hall–Kier alpha value is -2.79. The van der Waals surface area contributed by atoms with Crippen LogP contribution in [0.3, 0.4) is 0 Å². The van der Waals surface area contributed by atoms with Gasteiger partial charge in [-0.05, 0) is 44.8 Å². The average molecular weight is 419 g/mol. The third-order valence-corrected chi connectivity index (χ3v) is 7.93. The first-order valence-corrected chi connectivity index (χ1v) is 12.1. The molecule has 1 atom stereocenters. The summed E-state index contributed by atoms with van der Waals surface area (Å²) in [7, 11) is -3.10. The molecule has 5 rings (SSSR count). The Kier molecular flexibility index (Phi) is 5.33. The van der Waals surface area contributed by atoms with Crippen LogP contribution in [0.4, 0.5) is 0 Å². The molecular weight excluding hydrogens is 392 g/mol. The van der Waals surface area contributed by atoms with Gasteiger partial charge in [-0.2, -0.15) is 0 Å². The number of fused-ring (bicyclic) bond motifs is 4. The van der Waals surface area contributed by atoms with E-state index in [0.717, 1.165) is 6.42 Å². The van der Waals surface area contributed by atoms with Crippen LogP contribution >= 0.6 is 0 Å². The van der Waals surface area contributed by atoms with Crippen LogP contribution in [0, 0.1) is 10.4 Å². The van der Waals surface area contributed by atoms with E-state index in [0.29, 0.717) is 6.42 Å². The quantitative estimate of drug-likeness (QED) is 0.610. The fourth-order valence-corrected chi connectivity index (χ4v) is 6.48. The fourth-order valence-electron chi connectivity index (χ4n) is 4.85. The lowest BCUT2D eigenvalue weighted by atomic mass is 9.72. The number of hydrogen-bond donors (Lipinski definition) is 0. The molecule has 0 spiro atoms. The van der Waals surface area contributed by atoms with E-state index >= 15 is 0 Å². The Labute approximate surface area is 177 Å². The van der Waals surface area contributed by atoms with Gasteiger partial charge in [0.15, 0.2) is 9.84 Å². The van der Waals surface area contributed by atoms with Crippen molar-refractivity contribution in [1.29, 1.82) is 0 Å². The zero-order valence-electron chi connectivity index (χ0n) is 17.5. The standard InChI is InChI=1S/C21H22O2S.C4H4N2/c1-21(2)19(24(3,22)23)13-10-15-9-11-17-16-7-5-4-6-14(16)8-12-18(17)20(15)21;1-2-6-4-3-5-1/h4-11,19H,12-13H2,1-3H3;1-4H. The molecule has 0 saturated carbocycles. The summed E-state index contributed by atoms with van der Waals surface area (Å²) < 4.78 is 24.7. The minimum absolute atomic E-state index is 0.360. The Morgan fingerprint density at radius 1 is 0.867 bits per heavy atom. The molecule has 0 radical (unpaired) electrons. The highest BCUT2D eigenvalue weighted by Gasteiger charge is 2.41. The summed E-state index contributed by atoms with van der Waals surface area (Å²) in [6.07, 6.45) is 13.8. The van der Waals surface area contributed by atoms with Crippen molar-refractivity contribution in [2.45, 2.75) is 37.4 Å². The number of hydrogen-bond acceptors (Lipinski definition) is 4. The molecule has 2 aliphatic rings. The third kappa shape index (κ3) is 3.70. The zero-order chi connectivity index (χ0) is 21.4. The van der Waals surface area contributed by atoms with Gasteiger partial charge in [-0.15, -0.1) is 0 Å². The molecule has 4 nitrogen and oxygen atoms in total. The minimum atomic E-state index is -3.10. The van der Waals surface area contributed by atoms with Gasteiger partial charge in [0.2, 0.25) is 0 Å². The van der Waals surface area contributed by atoms with Crippen LogP contribution in [0.5, 0.6) is 0 Å². The maximum absolute atomic E-state index is 12.4. The fraction of sp³-hybridized carbons (Fsp3) is 0.280. The highest BCUT2D eigenvalue weighted by molar-refractivity contribution is 7.91. The summed E-state index contributed by atoms with van der Waals surface area (Å²) in [5, 5.41) is 4.61. The molecule has 154 valence electrons. The number of nitrogens with zero attached hydrogens (tertiary/aromatic N) is 2. The van der Waals surface area contributed by atoms with Gasteiger partial charge in [0.05, 0.1) is 5.25 Å². The van der Waals surface area contributed by atoms with Gasteiger partial charge in [-0.25, -0.2) is 8.42 Å². The molecule has 3 aromatic rings. The second kappa shape index (κ2) is 7.80. The maximum Gasteiger partial charge on any atom is 0.151 e. The molecule has 1 aromatic heterocycles. The molecule has 2 aromatic carbocycles. The second-order valence-corrected chi connectivity index (χ2v) is 10.7. The number of rotatable bonds is 1. The summed E-state index contributed by atoms with van der Waals surface area (Å²) in [4.78, 5) is 7.44. The van der Waals surface area contributed by atoms with Crippen LogP contribution in [-0.2, 0) is 21.7 Å². The van der Waals surface area contributed by atoms with Crippen LogP contribution < -0.4 is 10.4 Å². The van der Waals surface area contributed by atoms with E-state index in [-0.39, 0.29) is 10.7 Å². The summed E-state index contributed by atoms with van der Waals surface area (Å²) in [6, 6.07) is 12.8. The molecule has 0 fully saturated rings. The van der Waals surface area contributed by atoms with Gasteiger partial charge in [0.1, 0.15) is 0 Å². The number of sulfone groups is 1. The predicted octanol–water partition coefficient (Wildman–Crippen LogP) is 2.66. The molecule has 0 bridgehead atoms. The molecule has 5 heteroatoms. The first-order chi connectivity index (χ1) is 14.3. The largest absolute Gasteiger partial charge is 0.262 e. The van der Waals surface area contributed by atoms with Crippen molar-refractivity contribution in [2.75, 3.05) is 6.26 Å². The van der Waals surface area contributed by atoms with Crippen LogP contribution in [0.2, 0.25) is 0 Å². The number of benzene rings is 2. The van der Waals surface area contributed by atoms with Crippen molar-refractivity contribution < 1.29 is 8.42 Å². The predicted molar refractivity (Wildman–Crippen MR) is 121 cm³/mol. The van der Waals surface area contributed by atoms with Gasteiger partial charge in [0, 0.05) is 36.5 Å². The molecule has 0 N–H and O–H groups in total. The molecule has 2 aliphatic carbocycles. The molecule has 1 heterocycles. The lowest BCUT2D eigenvalue weighted by Crippen LogP contribution is -2.46. The summed E-state index contributed by atoms with van der Waals surface area (Å²) in [5.74, 6) is 0. The Bertz CT molecular complexity index is 1370. The van der Waals surface area contributed by atoms with E-state index in [9.17, 15) is 8.42 Å². The lowest BCUT2D eigenvalue weighted by molar-refractivity contribution is 0.460. The van der Waals surface area contributed by atoms with E-state index in [4.69, 9.17) is 0 Å². The molecule has 1 unspecified atom stereocenters. The normalized spacial score (nSPS) is 18.3. The van der Waals surface area contributed by atoms with Crippen molar-refractivity contribution in [3.8, 4) is 0 Å². The lowest BCUT2D eigenvalue weighted by Gasteiger charge is -2.38. The molecule has 30 heavy (non-hydrogen) atoms. The Morgan fingerprint density at radius 3 is 2.17 bits per heavy atom. The van der Waals surface area contributed by atoms with Gasteiger partial charge in [0.25, 0.3) is 0 Å². The molecule has 0 saturated heterocycles. The molecular formula is C25H26N2O2S. The molecule has 0 amide bonds. The van der Waals surface area contributed by atoms with Crippen molar-refractivity contribution in [3.05, 3.63) is 93.2 Å². The van der Waals surface area contributed by atoms with Crippen LogP contribution in [0.25, 0.3) is 12.2 Å². The zero-order valence-corrected chi connectivity index (χ0v) is 18.4. The summed E-state index contributed by atoms with van der Waals surface area (Å²) >= 11 is 0. The van der Waals surface area contributed by atoms with E-state index in [1.54, 1.807) is 24.8 Å². The van der Waals surface area contributed by atoms with E-state index in [1.165, 1.54) is 38.3 Å². The van der Waals surface area contributed by atoms with Crippen LogP contribution in [0.1, 0.15) is 31.4 Å². The Morgan fingerprint density at radius 2 is 1.53 bits per heavy atom. The van der Waals surface area contributed by atoms with E-state index in [2.05, 4.69) is 72.4 Å². The van der Waals surface area contributed by atoms with Crippen molar-refractivity contribution in [1.82, 2.24) is 9.97 Å². The van der Waals surface area contributed by atoms with Crippen LogP contribution in [0.15, 0.2) is 61.2 Å². The third-order valence-electron chi connectivity index (χ3n) is 6.12. The second-order valence-electron chi connectivity index (χ2n) is 8.43. The molecule has 0 aliphatic heterocycles. The van der Waals surface area contributed by atoms with Crippen LogP contribution in [-0.4, -0.2) is 29.9 Å². The Balaban J connectivity index is 0.000000313. The summed E-state index contributed by atoms with van der Waals surface area (Å²) in [5.41, 5.74) is 2.12. The number of aromatic nitrogens is 2. The smallest absolute Gasteiger partial charge is 0.151 e. The minimum Gasteiger partial charge on any atom is -0.262 e. The van der Waals surface area contributed by atoms with Crippen molar-refractivity contribution >= 4 is 22.0 Å².